The van der Waals surface area contributed by atoms with E-state index in [-0.39, 0.29) is 0 Å². The van der Waals surface area contributed by atoms with E-state index in [1.807, 2.05) is 6.08 Å². The maximum atomic E-state index is 6.10. The smallest absolute Gasteiger partial charge is 0.00669 e. The molecule has 0 aliphatic carbocycles. The van der Waals surface area contributed by atoms with Gasteiger partial charge >= 0.3 is 0 Å². The van der Waals surface area contributed by atoms with Crippen molar-refractivity contribution in [2.45, 2.75) is 58.4 Å². The zero-order chi connectivity index (χ0) is 10.1. The highest BCUT2D eigenvalue weighted by Crippen LogP contribution is 2.16. The van der Waals surface area contributed by atoms with Crippen LogP contribution >= 0.6 is 0 Å². The van der Waals surface area contributed by atoms with Crippen molar-refractivity contribution in [2.24, 2.45) is 11.7 Å². The third-order valence-corrected chi connectivity index (χ3v) is 2.85. The van der Waals surface area contributed by atoms with Crippen molar-refractivity contribution in [3.8, 4) is 0 Å². The van der Waals surface area contributed by atoms with Gasteiger partial charge in [0, 0.05) is 6.04 Å². The van der Waals surface area contributed by atoms with E-state index in [0.717, 1.165) is 12.3 Å². The summed E-state index contributed by atoms with van der Waals surface area (Å²) in [6.45, 7) is 8.18. The maximum absolute atomic E-state index is 6.10. The third kappa shape index (κ3) is 5.87. The van der Waals surface area contributed by atoms with Gasteiger partial charge in [0.1, 0.15) is 0 Å². The van der Waals surface area contributed by atoms with E-state index in [0.29, 0.717) is 6.04 Å². The Balaban J connectivity index is 3.47. The molecule has 2 N–H and O–H groups in total. The Morgan fingerprint density at radius 1 is 1.23 bits per heavy atom. The fraction of sp³-hybridized carbons (Fsp3) is 0.833. The first kappa shape index (κ1) is 12.7. The number of hydrogen-bond acceptors (Lipinski definition) is 1. The van der Waals surface area contributed by atoms with Crippen LogP contribution in [0.4, 0.5) is 0 Å². The highest BCUT2D eigenvalue weighted by Gasteiger charge is 2.12. The fourth-order valence-electron chi connectivity index (χ4n) is 1.80. The van der Waals surface area contributed by atoms with Gasteiger partial charge in [0.05, 0.1) is 0 Å². The lowest BCUT2D eigenvalue weighted by Crippen LogP contribution is -2.29. The van der Waals surface area contributed by atoms with E-state index in [1.165, 1.54) is 32.1 Å². The summed E-state index contributed by atoms with van der Waals surface area (Å²) in [5.74, 6) is 0.726. The summed E-state index contributed by atoms with van der Waals surface area (Å²) in [5, 5.41) is 0. The van der Waals surface area contributed by atoms with Gasteiger partial charge in [-0.05, 0) is 25.2 Å². The standard InChI is InChI=1S/C12H25N/c1-4-7-8-9-10-12(13)11(5-2)6-3/h4,11-12H,1,5-10,13H2,2-3H3. The Kier molecular flexibility index (Phi) is 8.11. The first-order valence-electron chi connectivity index (χ1n) is 5.62. The molecule has 1 heteroatoms. The summed E-state index contributed by atoms with van der Waals surface area (Å²) in [5.41, 5.74) is 6.10. The van der Waals surface area contributed by atoms with E-state index < -0.39 is 0 Å². The molecule has 1 unspecified atom stereocenters. The van der Waals surface area contributed by atoms with Crippen LogP contribution in [0.25, 0.3) is 0 Å². The molecule has 0 aliphatic heterocycles. The van der Waals surface area contributed by atoms with Gasteiger partial charge in [0.2, 0.25) is 0 Å². The van der Waals surface area contributed by atoms with E-state index in [2.05, 4.69) is 20.4 Å². The minimum absolute atomic E-state index is 0.416. The highest BCUT2D eigenvalue weighted by molar-refractivity contribution is 4.72. The summed E-state index contributed by atoms with van der Waals surface area (Å²) < 4.78 is 0. The predicted octanol–water partition coefficient (Wildman–Crippen LogP) is 3.50. The molecule has 1 nitrogen and oxygen atoms in total. The number of hydrogen-bond donors (Lipinski definition) is 1. The van der Waals surface area contributed by atoms with Crippen molar-refractivity contribution >= 4 is 0 Å². The van der Waals surface area contributed by atoms with E-state index in [9.17, 15) is 0 Å². The average Bonchev–Trinajstić information content (AvgIpc) is 2.14. The van der Waals surface area contributed by atoms with Crippen molar-refractivity contribution < 1.29 is 0 Å². The molecule has 0 fully saturated rings. The molecule has 0 spiro atoms. The summed E-state index contributed by atoms with van der Waals surface area (Å²) in [6.07, 6.45) is 9.25. The van der Waals surface area contributed by atoms with E-state index in [4.69, 9.17) is 5.73 Å². The van der Waals surface area contributed by atoms with Gasteiger partial charge in [-0.15, -0.1) is 6.58 Å². The van der Waals surface area contributed by atoms with Crippen LogP contribution in [0.1, 0.15) is 52.4 Å². The average molecular weight is 183 g/mol. The van der Waals surface area contributed by atoms with Crippen molar-refractivity contribution in [1.29, 1.82) is 0 Å². The van der Waals surface area contributed by atoms with Gasteiger partial charge in [0.15, 0.2) is 0 Å². The van der Waals surface area contributed by atoms with Crippen LogP contribution in [0.15, 0.2) is 12.7 Å². The quantitative estimate of drug-likeness (QED) is 0.452. The third-order valence-electron chi connectivity index (χ3n) is 2.85. The molecule has 0 aliphatic rings. The monoisotopic (exact) mass is 183 g/mol. The SMILES string of the molecule is C=CCCCCC(N)C(CC)CC. The van der Waals surface area contributed by atoms with Gasteiger partial charge < -0.3 is 5.73 Å². The van der Waals surface area contributed by atoms with Crippen LogP contribution in [-0.4, -0.2) is 6.04 Å². The Morgan fingerprint density at radius 2 is 1.85 bits per heavy atom. The number of allylic oxidation sites excluding steroid dienone is 1. The Labute approximate surface area is 83.4 Å². The fourth-order valence-corrected chi connectivity index (χ4v) is 1.80. The summed E-state index contributed by atoms with van der Waals surface area (Å²) >= 11 is 0. The molecule has 1 atom stereocenters. The van der Waals surface area contributed by atoms with Gasteiger partial charge in [-0.3, -0.25) is 0 Å². The lowest BCUT2D eigenvalue weighted by molar-refractivity contribution is 0.369. The lowest BCUT2D eigenvalue weighted by atomic mass is 9.91. The number of unbranched alkanes of at least 4 members (excludes halogenated alkanes) is 2. The molecule has 0 aromatic heterocycles. The Hall–Kier alpha value is -0.300. The predicted molar refractivity (Wildman–Crippen MR) is 60.7 cm³/mol. The summed E-state index contributed by atoms with van der Waals surface area (Å²) in [6, 6.07) is 0.416. The largest absolute Gasteiger partial charge is 0.327 e. The maximum Gasteiger partial charge on any atom is 0.00669 e. The normalized spacial score (nSPS) is 13.2. The minimum atomic E-state index is 0.416. The highest BCUT2D eigenvalue weighted by atomic mass is 14.6. The lowest BCUT2D eigenvalue weighted by Gasteiger charge is -2.20. The van der Waals surface area contributed by atoms with Crippen molar-refractivity contribution in [3.05, 3.63) is 12.7 Å². The van der Waals surface area contributed by atoms with Crippen LogP contribution in [0.5, 0.6) is 0 Å². The molecule has 0 aromatic carbocycles. The van der Waals surface area contributed by atoms with Crippen LogP contribution in [-0.2, 0) is 0 Å². The van der Waals surface area contributed by atoms with Crippen molar-refractivity contribution in [2.75, 3.05) is 0 Å². The van der Waals surface area contributed by atoms with Crippen molar-refractivity contribution in [1.82, 2.24) is 0 Å². The zero-order valence-electron chi connectivity index (χ0n) is 9.26. The van der Waals surface area contributed by atoms with Crippen molar-refractivity contribution in [3.63, 3.8) is 0 Å². The summed E-state index contributed by atoms with van der Waals surface area (Å²) in [4.78, 5) is 0. The molecule has 0 aromatic rings. The second-order valence-corrected chi connectivity index (χ2v) is 3.81. The Morgan fingerprint density at radius 3 is 2.31 bits per heavy atom. The first-order chi connectivity index (χ1) is 6.26. The van der Waals surface area contributed by atoms with Gasteiger partial charge in [-0.25, -0.2) is 0 Å². The topological polar surface area (TPSA) is 26.0 Å². The van der Waals surface area contributed by atoms with Crippen LogP contribution in [0.2, 0.25) is 0 Å². The zero-order valence-corrected chi connectivity index (χ0v) is 9.26. The van der Waals surface area contributed by atoms with Gasteiger partial charge in [-0.1, -0.05) is 39.2 Å². The van der Waals surface area contributed by atoms with Crippen LogP contribution < -0.4 is 5.73 Å². The second-order valence-electron chi connectivity index (χ2n) is 3.81. The minimum Gasteiger partial charge on any atom is -0.327 e. The van der Waals surface area contributed by atoms with Gasteiger partial charge in [-0.2, -0.15) is 0 Å². The molecule has 13 heavy (non-hydrogen) atoms. The molecule has 0 rings (SSSR count). The van der Waals surface area contributed by atoms with Crippen LogP contribution in [0, 0.1) is 5.92 Å². The molecule has 0 bridgehead atoms. The number of nitrogens with two attached hydrogens (primary N) is 1. The van der Waals surface area contributed by atoms with E-state index >= 15 is 0 Å². The molecular formula is C12H25N. The molecule has 0 amide bonds. The van der Waals surface area contributed by atoms with Crippen LogP contribution in [0.3, 0.4) is 0 Å². The molecule has 0 saturated carbocycles. The molecule has 0 radical (unpaired) electrons. The second kappa shape index (κ2) is 8.31. The Bertz CT molecular complexity index is 116. The van der Waals surface area contributed by atoms with E-state index in [1.54, 1.807) is 0 Å². The number of rotatable bonds is 8. The molecule has 78 valence electrons. The molecular weight excluding hydrogens is 158 g/mol. The summed E-state index contributed by atoms with van der Waals surface area (Å²) in [7, 11) is 0. The first-order valence-corrected chi connectivity index (χ1v) is 5.62. The molecule has 0 saturated heterocycles. The van der Waals surface area contributed by atoms with Gasteiger partial charge in [0.25, 0.3) is 0 Å². The molecule has 0 heterocycles.